The van der Waals surface area contributed by atoms with Crippen molar-refractivity contribution in [3.63, 3.8) is 0 Å². The molecule has 0 unspecified atom stereocenters. The number of benzene rings is 1. The van der Waals surface area contributed by atoms with Crippen molar-refractivity contribution in [3.8, 4) is 0 Å². The van der Waals surface area contributed by atoms with Crippen LogP contribution in [0.5, 0.6) is 0 Å². The first-order chi connectivity index (χ1) is 11.7. The maximum absolute atomic E-state index is 11.6. The van der Waals surface area contributed by atoms with Crippen LogP contribution in [0.15, 0.2) is 29.3 Å². The third-order valence-electron chi connectivity index (χ3n) is 3.36. The molecule has 1 aromatic carbocycles. The molecule has 0 atom stereocenters. The number of carbonyl (C=O) groups excluding carboxylic acids is 1. The molecule has 142 valence electrons. The maximum Gasteiger partial charge on any atom is 0.224 e. The smallest absolute Gasteiger partial charge is 0.224 e. The molecule has 1 amide bonds. The fraction of sp³-hybridized carbons (Fsp3) is 0.556. The molecule has 0 bridgehead atoms. The van der Waals surface area contributed by atoms with Gasteiger partial charge in [0.1, 0.15) is 0 Å². The molecule has 1 aromatic rings. The van der Waals surface area contributed by atoms with Crippen molar-refractivity contribution in [2.75, 3.05) is 32.1 Å². The van der Waals surface area contributed by atoms with E-state index in [0.29, 0.717) is 13.0 Å². The van der Waals surface area contributed by atoms with Crippen LogP contribution in [0.3, 0.4) is 0 Å². The van der Waals surface area contributed by atoms with Crippen molar-refractivity contribution >= 4 is 41.5 Å². The summed E-state index contributed by atoms with van der Waals surface area (Å²) in [7, 11) is 1.75. The van der Waals surface area contributed by atoms with E-state index >= 15 is 0 Å². The highest BCUT2D eigenvalue weighted by atomic mass is 127. The Balaban J connectivity index is 0.00000576. The largest absolute Gasteiger partial charge is 0.382 e. The Morgan fingerprint density at radius 1 is 1.16 bits per heavy atom. The first-order valence-electron chi connectivity index (χ1n) is 8.60. The molecule has 0 spiro atoms. The second-order valence-electron chi connectivity index (χ2n) is 5.40. The lowest BCUT2D eigenvalue weighted by molar-refractivity contribution is -0.116. The summed E-state index contributed by atoms with van der Waals surface area (Å²) >= 11 is 0. The van der Waals surface area contributed by atoms with Gasteiger partial charge >= 0.3 is 0 Å². The number of amides is 1. The zero-order valence-electron chi connectivity index (χ0n) is 15.4. The summed E-state index contributed by atoms with van der Waals surface area (Å²) < 4.78 is 5.30. The average Bonchev–Trinajstić information content (AvgIpc) is 2.59. The zero-order valence-corrected chi connectivity index (χ0v) is 17.8. The molecule has 0 radical (unpaired) electrons. The summed E-state index contributed by atoms with van der Waals surface area (Å²) in [6.07, 6.45) is 2.35. The third-order valence-corrected chi connectivity index (χ3v) is 3.36. The molecule has 0 aliphatic carbocycles. The van der Waals surface area contributed by atoms with Crippen LogP contribution in [0.2, 0.25) is 0 Å². The number of rotatable bonds is 10. The molecule has 0 heterocycles. The van der Waals surface area contributed by atoms with Gasteiger partial charge in [-0.3, -0.25) is 9.79 Å². The highest BCUT2D eigenvalue weighted by molar-refractivity contribution is 14.0. The number of halogens is 1. The summed E-state index contributed by atoms with van der Waals surface area (Å²) in [5.41, 5.74) is 1.95. The number of hydrogen-bond donors (Lipinski definition) is 3. The lowest BCUT2D eigenvalue weighted by atomic mass is 10.2. The summed E-state index contributed by atoms with van der Waals surface area (Å²) in [6.45, 7) is 6.99. The summed E-state index contributed by atoms with van der Waals surface area (Å²) in [6, 6.07) is 7.83. The third kappa shape index (κ3) is 11.0. The first-order valence-corrected chi connectivity index (χ1v) is 8.60. The van der Waals surface area contributed by atoms with Crippen molar-refractivity contribution in [1.29, 1.82) is 0 Å². The molecule has 1 rings (SSSR count). The molecule has 3 N–H and O–H groups in total. The number of carbonyl (C=O) groups is 1. The summed E-state index contributed by atoms with van der Waals surface area (Å²) in [5.74, 6) is 0.826. The predicted octanol–water partition coefficient (Wildman–Crippen LogP) is 3.13. The van der Waals surface area contributed by atoms with Gasteiger partial charge in [0.25, 0.3) is 0 Å². The van der Waals surface area contributed by atoms with E-state index in [4.69, 9.17) is 4.74 Å². The minimum absolute atomic E-state index is 0. The van der Waals surface area contributed by atoms with Gasteiger partial charge in [-0.15, -0.1) is 24.0 Å². The fourth-order valence-corrected chi connectivity index (χ4v) is 2.09. The highest BCUT2D eigenvalue weighted by Gasteiger charge is 2.02. The monoisotopic (exact) mass is 462 g/mol. The molecule has 0 saturated heterocycles. The van der Waals surface area contributed by atoms with Gasteiger partial charge in [-0.2, -0.15) is 0 Å². The van der Waals surface area contributed by atoms with Crippen molar-refractivity contribution in [2.24, 2.45) is 4.99 Å². The van der Waals surface area contributed by atoms with Gasteiger partial charge in [0.2, 0.25) is 5.91 Å². The zero-order chi connectivity index (χ0) is 17.6. The van der Waals surface area contributed by atoms with Gasteiger partial charge in [-0.05, 0) is 37.5 Å². The number of ether oxygens (including phenoxy) is 1. The number of hydrogen-bond acceptors (Lipinski definition) is 3. The minimum atomic E-state index is 0. The van der Waals surface area contributed by atoms with Gasteiger partial charge in [-0.1, -0.05) is 19.1 Å². The Morgan fingerprint density at radius 3 is 2.48 bits per heavy atom. The number of aliphatic imine (C=N–C) groups is 1. The number of nitrogens with one attached hydrogen (secondary N) is 3. The van der Waals surface area contributed by atoms with Crippen LogP contribution in [0.1, 0.15) is 38.7 Å². The Labute approximate surface area is 168 Å². The molecule has 6 nitrogen and oxygen atoms in total. The summed E-state index contributed by atoms with van der Waals surface area (Å²) in [5, 5.41) is 9.40. The van der Waals surface area contributed by atoms with E-state index in [2.05, 4.69) is 20.9 Å². The minimum Gasteiger partial charge on any atom is -0.382 e. The lowest BCUT2D eigenvalue weighted by Crippen LogP contribution is -2.37. The van der Waals surface area contributed by atoms with E-state index in [0.717, 1.165) is 49.8 Å². The number of anilines is 1. The molecular weight excluding hydrogens is 431 g/mol. The van der Waals surface area contributed by atoms with Crippen LogP contribution in [-0.2, 0) is 16.1 Å². The van der Waals surface area contributed by atoms with Gasteiger partial charge < -0.3 is 20.7 Å². The summed E-state index contributed by atoms with van der Waals surface area (Å²) in [4.78, 5) is 15.8. The fourth-order valence-electron chi connectivity index (χ4n) is 2.09. The average molecular weight is 462 g/mol. The van der Waals surface area contributed by atoms with E-state index in [-0.39, 0.29) is 29.9 Å². The van der Waals surface area contributed by atoms with E-state index < -0.39 is 0 Å². The van der Waals surface area contributed by atoms with Crippen molar-refractivity contribution in [2.45, 2.75) is 39.7 Å². The van der Waals surface area contributed by atoms with Crippen molar-refractivity contribution < 1.29 is 9.53 Å². The molecule has 0 aliphatic rings. The second-order valence-corrected chi connectivity index (χ2v) is 5.40. The highest BCUT2D eigenvalue weighted by Crippen LogP contribution is 2.10. The van der Waals surface area contributed by atoms with Crippen LogP contribution in [0.25, 0.3) is 0 Å². The molecule has 0 aliphatic heterocycles. The SMILES string of the molecule is CCCC(=O)Nc1ccc(CNC(=NC)NCCCOCC)cc1.I. The van der Waals surface area contributed by atoms with Crippen LogP contribution in [0, 0.1) is 0 Å². The number of nitrogens with zero attached hydrogens (tertiary/aromatic N) is 1. The first kappa shape index (κ1) is 23.6. The van der Waals surface area contributed by atoms with Crippen LogP contribution in [0.4, 0.5) is 5.69 Å². The number of guanidine groups is 1. The van der Waals surface area contributed by atoms with E-state index in [9.17, 15) is 4.79 Å². The lowest BCUT2D eigenvalue weighted by Gasteiger charge is -2.12. The quantitative estimate of drug-likeness (QED) is 0.216. The topological polar surface area (TPSA) is 74.8 Å². The van der Waals surface area contributed by atoms with Gasteiger partial charge in [-0.25, -0.2) is 0 Å². The van der Waals surface area contributed by atoms with Crippen LogP contribution >= 0.6 is 24.0 Å². The molecule has 7 heteroatoms. The predicted molar refractivity (Wildman–Crippen MR) is 115 cm³/mol. The molecular formula is C18H31IN4O2. The van der Waals surface area contributed by atoms with E-state index in [1.807, 2.05) is 38.1 Å². The Bertz CT molecular complexity index is 506. The molecule has 0 saturated carbocycles. The van der Waals surface area contributed by atoms with E-state index in [1.54, 1.807) is 7.05 Å². The maximum atomic E-state index is 11.6. The Kier molecular flexibility index (Phi) is 14.1. The molecule has 25 heavy (non-hydrogen) atoms. The van der Waals surface area contributed by atoms with Gasteiger partial charge in [0.15, 0.2) is 5.96 Å². The van der Waals surface area contributed by atoms with E-state index in [1.165, 1.54) is 0 Å². The second kappa shape index (κ2) is 14.9. The van der Waals surface area contributed by atoms with Crippen molar-refractivity contribution in [1.82, 2.24) is 10.6 Å². The van der Waals surface area contributed by atoms with Gasteiger partial charge in [0, 0.05) is 45.5 Å². The van der Waals surface area contributed by atoms with Crippen LogP contribution in [-0.4, -0.2) is 38.7 Å². The standard InChI is InChI=1S/C18H30N4O2.HI/c1-4-7-17(23)22-16-10-8-15(9-11-16)14-21-18(19-3)20-12-6-13-24-5-2;/h8-11H,4-7,12-14H2,1-3H3,(H,22,23)(H2,19,20,21);1H. The molecule has 0 fully saturated rings. The van der Waals surface area contributed by atoms with Crippen molar-refractivity contribution in [3.05, 3.63) is 29.8 Å². The Hall–Kier alpha value is -1.35. The molecule has 0 aromatic heterocycles. The van der Waals surface area contributed by atoms with Crippen LogP contribution < -0.4 is 16.0 Å². The van der Waals surface area contributed by atoms with Gasteiger partial charge in [0.05, 0.1) is 0 Å². The normalized spacial score (nSPS) is 10.8. The Morgan fingerprint density at radius 2 is 1.88 bits per heavy atom.